The predicted octanol–water partition coefficient (Wildman–Crippen LogP) is 2.32. The normalized spacial score (nSPS) is 23.9. The molecule has 0 aromatic carbocycles. The van der Waals surface area contributed by atoms with Crippen molar-refractivity contribution in [3.8, 4) is 0 Å². The largest absolute Gasteiger partial charge is 0.378 e. The number of allylic oxidation sites excluding steroid dienone is 1. The summed E-state index contributed by atoms with van der Waals surface area (Å²) in [5.74, 6) is 0.0654. The lowest BCUT2D eigenvalue weighted by molar-refractivity contribution is 0.0297. The fourth-order valence-electron chi connectivity index (χ4n) is 4.79. The number of carbonyl (C=O) groups is 1. The number of carbonyl (C=O) groups excluding carboxylic acids is 1. The highest BCUT2D eigenvalue weighted by Crippen LogP contribution is 2.28. The second kappa shape index (κ2) is 8.57. The molecule has 1 saturated heterocycles. The number of aromatic nitrogens is 2. The Morgan fingerprint density at radius 2 is 1.96 bits per heavy atom. The minimum absolute atomic E-state index is 0.0654. The van der Waals surface area contributed by atoms with Gasteiger partial charge in [-0.2, -0.15) is 5.10 Å². The standard InChI is InChI=1S/C21H32N4O2/c1-2-10-25-19-9-8-17(22-16-6-4-3-5-7-16)15-18(19)20(23-25)21(26)24-11-13-27-14-12-24/h2,16-17,22H,1,3-15H2/t17-/m0/s1. The fourth-order valence-corrected chi connectivity index (χ4v) is 4.79. The van der Waals surface area contributed by atoms with Crippen LogP contribution in [0.1, 0.15) is 60.3 Å². The average molecular weight is 373 g/mol. The molecule has 148 valence electrons. The van der Waals surface area contributed by atoms with Gasteiger partial charge in [0.15, 0.2) is 5.69 Å². The van der Waals surface area contributed by atoms with E-state index in [2.05, 4.69) is 11.9 Å². The third-order valence-corrected chi connectivity index (χ3v) is 6.23. The zero-order valence-corrected chi connectivity index (χ0v) is 16.3. The molecule has 2 heterocycles. The molecular weight excluding hydrogens is 340 g/mol. The van der Waals surface area contributed by atoms with Crippen LogP contribution in [0.25, 0.3) is 0 Å². The van der Waals surface area contributed by atoms with Crippen LogP contribution >= 0.6 is 0 Å². The number of hydrogen-bond acceptors (Lipinski definition) is 4. The Labute approximate surface area is 161 Å². The lowest BCUT2D eigenvalue weighted by Crippen LogP contribution is -2.43. The highest BCUT2D eigenvalue weighted by Gasteiger charge is 2.32. The molecule has 1 atom stereocenters. The van der Waals surface area contributed by atoms with Gasteiger partial charge in [0.25, 0.3) is 5.91 Å². The van der Waals surface area contributed by atoms with Gasteiger partial charge in [0.2, 0.25) is 0 Å². The zero-order chi connectivity index (χ0) is 18.6. The topological polar surface area (TPSA) is 59.4 Å². The molecule has 1 aromatic rings. The van der Waals surface area contributed by atoms with Crippen molar-refractivity contribution in [1.82, 2.24) is 20.0 Å². The average Bonchev–Trinajstić information content (AvgIpc) is 3.07. The van der Waals surface area contributed by atoms with Crippen LogP contribution in [0, 0.1) is 0 Å². The number of nitrogens with one attached hydrogen (secondary N) is 1. The first-order valence-electron chi connectivity index (χ1n) is 10.6. The molecule has 1 amide bonds. The maximum absolute atomic E-state index is 13.1. The molecule has 1 saturated carbocycles. The van der Waals surface area contributed by atoms with E-state index in [0.717, 1.165) is 24.8 Å². The maximum Gasteiger partial charge on any atom is 0.274 e. The summed E-state index contributed by atoms with van der Waals surface area (Å²) >= 11 is 0. The van der Waals surface area contributed by atoms with E-state index in [4.69, 9.17) is 9.84 Å². The van der Waals surface area contributed by atoms with Crippen molar-refractivity contribution in [2.75, 3.05) is 26.3 Å². The molecular formula is C21H32N4O2. The molecule has 6 heteroatoms. The molecule has 0 bridgehead atoms. The van der Waals surface area contributed by atoms with Crippen molar-refractivity contribution in [2.45, 2.75) is 70.0 Å². The quantitative estimate of drug-likeness (QED) is 0.806. The van der Waals surface area contributed by atoms with E-state index < -0.39 is 0 Å². The molecule has 2 fully saturated rings. The monoisotopic (exact) mass is 372 g/mol. The summed E-state index contributed by atoms with van der Waals surface area (Å²) in [4.78, 5) is 15.0. The predicted molar refractivity (Wildman–Crippen MR) is 105 cm³/mol. The van der Waals surface area contributed by atoms with Crippen LogP contribution in [-0.2, 0) is 24.1 Å². The molecule has 6 nitrogen and oxygen atoms in total. The van der Waals surface area contributed by atoms with Gasteiger partial charge in [-0.1, -0.05) is 25.3 Å². The molecule has 0 unspecified atom stereocenters. The van der Waals surface area contributed by atoms with E-state index in [1.807, 2.05) is 15.7 Å². The van der Waals surface area contributed by atoms with Gasteiger partial charge in [-0.05, 0) is 32.1 Å². The van der Waals surface area contributed by atoms with Gasteiger partial charge < -0.3 is 15.0 Å². The number of ether oxygens (including phenoxy) is 1. The van der Waals surface area contributed by atoms with Gasteiger partial charge in [-0.15, -0.1) is 6.58 Å². The lowest BCUT2D eigenvalue weighted by atomic mass is 9.88. The summed E-state index contributed by atoms with van der Waals surface area (Å²) < 4.78 is 7.39. The van der Waals surface area contributed by atoms with E-state index >= 15 is 0 Å². The Balaban J connectivity index is 1.53. The fraction of sp³-hybridized carbons (Fsp3) is 0.714. The van der Waals surface area contributed by atoms with Gasteiger partial charge in [0, 0.05) is 36.4 Å². The maximum atomic E-state index is 13.1. The highest BCUT2D eigenvalue weighted by atomic mass is 16.5. The van der Waals surface area contributed by atoms with E-state index in [-0.39, 0.29) is 5.91 Å². The first kappa shape index (κ1) is 18.7. The molecule has 1 aromatic heterocycles. The van der Waals surface area contributed by atoms with Crippen molar-refractivity contribution in [3.05, 3.63) is 29.6 Å². The van der Waals surface area contributed by atoms with E-state index in [0.29, 0.717) is 50.6 Å². The van der Waals surface area contributed by atoms with Crippen molar-refractivity contribution in [1.29, 1.82) is 0 Å². The summed E-state index contributed by atoms with van der Waals surface area (Å²) in [5.41, 5.74) is 3.05. The third-order valence-electron chi connectivity index (χ3n) is 6.23. The molecule has 1 aliphatic heterocycles. The lowest BCUT2D eigenvalue weighted by Gasteiger charge is -2.31. The van der Waals surface area contributed by atoms with Crippen LogP contribution in [0.15, 0.2) is 12.7 Å². The highest BCUT2D eigenvalue weighted by molar-refractivity contribution is 5.94. The van der Waals surface area contributed by atoms with E-state index in [9.17, 15) is 4.79 Å². The number of hydrogen-bond donors (Lipinski definition) is 1. The summed E-state index contributed by atoms with van der Waals surface area (Å²) in [6.07, 6.45) is 11.5. The summed E-state index contributed by atoms with van der Waals surface area (Å²) in [6.45, 7) is 7.08. The van der Waals surface area contributed by atoms with Crippen LogP contribution in [0.2, 0.25) is 0 Å². The van der Waals surface area contributed by atoms with Gasteiger partial charge in [0.05, 0.1) is 19.8 Å². The van der Waals surface area contributed by atoms with Crippen LogP contribution in [-0.4, -0.2) is 59.0 Å². The van der Waals surface area contributed by atoms with E-state index in [1.54, 1.807) is 0 Å². The van der Waals surface area contributed by atoms with E-state index in [1.165, 1.54) is 37.8 Å². The number of rotatable bonds is 5. The Morgan fingerprint density at radius 1 is 1.19 bits per heavy atom. The van der Waals surface area contributed by atoms with Gasteiger partial charge in [0.1, 0.15) is 0 Å². The second-order valence-corrected chi connectivity index (χ2v) is 8.09. The summed E-state index contributed by atoms with van der Waals surface area (Å²) in [5, 5.41) is 8.61. The minimum atomic E-state index is 0.0654. The van der Waals surface area contributed by atoms with Crippen molar-refractivity contribution < 1.29 is 9.53 Å². The first-order valence-corrected chi connectivity index (χ1v) is 10.6. The molecule has 27 heavy (non-hydrogen) atoms. The summed E-state index contributed by atoms with van der Waals surface area (Å²) in [7, 11) is 0. The van der Waals surface area contributed by atoms with Gasteiger partial charge in [-0.25, -0.2) is 0 Å². The number of morpholine rings is 1. The van der Waals surface area contributed by atoms with Crippen molar-refractivity contribution in [3.63, 3.8) is 0 Å². The number of nitrogens with zero attached hydrogens (tertiary/aromatic N) is 3. The summed E-state index contributed by atoms with van der Waals surface area (Å²) in [6, 6.07) is 1.10. The van der Waals surface area contributed by atoms with Crippen molar-refractivity contribution in [2.24, 2.45) is 0 Å². The van der Waals surface area contributed by atoms with Gasteiger partial charge >= 0.3 is 0 Å². The Bertz CT molecular complexity index is 672. The minimum Gasteiger partial charge on any atom is -0.378 e. The Hall–Kier alpha value is -1.66. The second-order valence-electron chi connectivity index (χ2n) is 8.09. The van der Waals surface area contributed by atoms with Crippen LogP contribution in [0.3, 0.4) is 0 Å². The van der Waals surface area contributed by atoms with Crippen LogP contribution < -0.4 is 5.32 Å². The zero-order valence-electron chi connectivity index (χ0n) is 16.3. The Kier molecular flexibility index (Phi) is 5.93. The van der Waals surface area contributed by atoms with Crippen LogP contribution in [0.4, 0.5) is 0 Å². The molecule has 0 spiro atoms. The molecule has 1 N–H and O–H groups in total. The number of fused-ring (bicyclic) bond motifs is 1. The van der Waals surface area contributed by atoms with Crippen molar-refractivity contribution >= 4 is 5.91 Å². The number of amides is 1. The molecule has 3 aliphatic rings. The Morgan fingerprint density at radius 3 is 2.70 bits per heavy atom. The molecule has 4 rings (SSSR count). The molecule has 2 aliphatic carbocycles. The third kappa shape index (κ3) is 4.11. The van der Waals surface area contributed by atoms with Gasteiger partial charge in [-0.3, -0.25) is 9.48 Å². The first-order chi connectivity index (χ1) is 13.3. The smallest absolute Gasteiger partial charge is 0.274 e. The SMILES string of the molecule is C=CCn1nc(C(=O)N2CCOCC2)c2c1CC[C@H](NC1CCCCC1)C2. The molecule has 0 radical (unpaired) electrons. The van der Waals surface area contributed by atoms with Crippen LogP contribution in [0.5, 0.6) is 0 Å².